The Labute approximate surface area is 169 Å². The molecule has 1 aromatic carbocycles. The molecule has 1 amide bonds. The number of guanidine groups is 1. The fraction of sp³-hybridized carbons (Fsp3) is 0.143. The number of pyridine rings is 2. The molecule has 3 aromatic rings. The Bertz CT molecular complexity index is 1150. The van der Waals surface area contributed by atoms with Gasteiger partial charge in [0.2, 0.25) is 5.95 Å². The normalized spacial score (nSPS) is 18.8. The average molecular weight is 411 g/mol. The highest BCUT2D eigenvalue weighted by atomic mass is 19.3. The van der Waals surface area contributed by atoms with Crippen LogP contribution in [0.15, 0.2) is 65.9 Å². The van der Waals surface area contributed by atoms with E-state index in [0.717, 1.165) is 6.07 Å². The molecule has 0 aliphatic carbocycles. The second kappa shape index (κ2) is 7.25. The van der Waals surface area contributed by atoms with E-state index >= 15 is 0 Å². The lowest BCUT2D eigenvalue weighted by Crippen LogP contribution is -2.41. The molecule has 152 valence electrons. The number of aliphatic imine (C=N–C) groups is 1. The summed E-state index contributed by atoms with van der Waals surface area (Å²) in [6, 6.07) is 12.2. The predicted octanol–water partition coefficient (Wildman–Crippen LogP) is 3.25. The number of halogens is 3. The zero-order valence-electron chi connectivity index (χ0n) is 15.8. The van der Waals surface area contributed by atoms with Gasteiger partial charge in [0.1, 0.15) is 5.69 Å². The van der Waals surface area contributed by atoms with Crippen molar-refractivity contribution in [1.82, 2.24) is 14.9 Å². The second-order valence-electron chi connectivity index (χ2n) is 6.74. The number of hydrogen-bond acceptors (Lipinski definition) is 5. The molecule has 0 saturated heterocycles. The number of carbonyl (C=O) groups excluding carboxylic acids is 1. The molecular weight excluding hydrogens is 395 g/mol. The maximum atomic E-state index is 14.2. The van der Waals surface area contributed by atoms with Crippen molar-refractivity contribution in [2.75, 3.05) is 7.05 Å². The zero-order valence-corrected chi connectivity index (χ0v) is 15.8. The van der Waals surface area contributed by atoms with Crippen LogP contribution in [0.2, 0.25) is 0 Å². The number of likely N-dealkylation sites (N-methyl/N-ethyl adjacent to an activating group) is 1. The van der Waals surface area contributed by atoms with E-state index in [1.165, 1.54) is 30.4 Å². The standard InChI is InChI=1S/C21H16F3N5O/c1-29-19(30)21(28-20(29)25,14-7-8-16(17(22)23)27-11-14)13-5-2-4-12(10-13)15-6-3-9-26-18(15)24/h2-11,17H,1H3,(H2,25,28). The minimum Gasteiger partial charge on any atom is -0.369 e. The Morgan fingerprint density at radius 2 is 1.87 bits per heavy atom. The molecular formula is C21H16F3N5O. The van der Waals surface area contributed by atoms with E-state index in [9.17, 15) is 18.0 Å². The number of nitrogens with two attached hydrogens (primary N) is 1. The number of aromatic nitrogens is 2. The van der Waals surface area contributed by atoms with Crippen LogP contribution in [0, 0.1) is 5.95 Å². The number of benzene rings is 1. The molecule has 1 aliphatic rings. The second-order valence-corrected chi connectivity index (χ2v) is 6.74. The fourth-order valence-corrected chi connectivity index (χ4v) is 3.45. The van der Waals surface area contributed by atoms with Gasteiger partial charge in [-0.05, 0) is 35.4 Å². The molecule has 9 heteroatoms. The lowest BCUT2D eigenvalue weighted by Gasteiger charge is -2.26. The van der Waals surface area contributed by atoms with Crippen LogP contribution in [-0.4, -0.2) is 33.8 Å². The molecule has 1 unspecified atom stereocenters. The average Bonchev–Trinajstić information content (AvgIpc) is 2.99. The minimum absolute atomic E-state index is 0.0316. The van der Waals surface area contributed by atoms with Gasteiger partial charge in [-0.25, -0.2) is 18.8 Å². The maximum Gasteiger partial charge on any atom is 0.280 e. The molecule has 2 aromatic heterocycles. The minimum atomic E-state index is -2.75. The first-order valence-electron chi connectivity index (χ1n) is 8.94. The topological polar surface area (TPSA) is 84.5 Å². The summed E-state index contributed by atoms with van der Waals surface area (Å²) in [5, 5.41) is 0. The van der Waals surface area contributed by atoms with Gasteiger partial charge in [0.05, 0.1) is 0 Å². The molecule has 0 saturated carbocycles. The Morgan fingerprint density at radius 1 is 1.07 bits per heavy atom. The first-order valence-corrected chi connectivity index (χ1v) is 8.94. The molecule has 3 heterocycles. The van der Waals surface area contributed by atoms with Crippen molar-refractivity contribution >= 4 is 11.9 Å². The lowest BCUT2D eigenvalue weighted by molar-refractivity contribution is -0.129. The van der Waals surface area contributed by atoms with E-state index in [0.29, 0.717) is 11.1 Å². The smallest absolute Gasteiger partial charge is 0.280 e. The van der Waals surface area contributed by atoms with Crippen molar-refractivity contribution in [3.8, 4) is 11.1 Å². The van der Waals surface area contributed by atoms with Crippen molar-refractivity contribution in [2.45, 2.75) is 12.0 Å². The third-order valence-electron chi connectivity index (χ3n) is 5.02. The highest BCUT2D eigenvalue weighted by Crippen LogP contribution is 2.40. The van der Waals surface area contributed by atoms with Gasteiger partial charge >= 0.3 is 0 Å². The van der Waals surface area contributed by atoms with E-state index in [-0.39, 0.29) is 17.1 Å². The molecule has 0 radical (unpaired) electrons. The van der Waals surface area contributed by atoms with Crippen molar-refractivity contribution in [3.63, 3.8) is 0 Å². The van der Waals surface area contributed by atoms with Crippen molar-refractivity contribution < 1.29 is 18.0 Å². The molecule has 6 nitrogen and oxygen atoms in total. The van der Waals surface area contributed by atoms with Crippen LogP contribution in [0.1, 0.15) is 23.2 Å². The number of hydrogen-bond donors (Lipinski definition) is 1. The van der Waals surface area contributed by atoms with Crippen LogP contribution in [0.3, 0.4) is 0 Å². The molecule has 0 spiro atoms. The summed E-state index contributed by atoms with van der Waals surface area (Å²) in [6.45, 7) is 0. The number of nitrogens with zero attached hydrogens (tertiary/aromatic N) is 4. The summed E-state index contributed by atoms with van der Waals surface area (Å²) in [5.74, 6) is -1.17. The Kier molecular flexibility index (Phi) is 4.73. The first kappa shape index (κ1) is 19.6. The van der Waals surface area contributed by atoms with E-state index in [2.05, 4.69) is 15.0 Å². The SMILES string of the molecule is CN1C(=O)C(c2ccc(C(F)F)nc2)(c2cccc(-c3cccnc3F)c2)N=C1N. The molecule has 30 heavy (non-hydrogen) atoms. The van der Waals surface area contributed by atoms with Crippen LogP contribution < -0.4 is 5.73 Å². The van der Waals surface area contributed by atoms with Crippen LogP contribution >= 0.6 is 0 Å². The predicted molar refractivity (Wildman–Crippen MR) is 104 cm³/mol. The van der Waals surface area contributed by atoms with Gasteiger partial charge in [0.15, 0.2) is 11.5 Å². The third-order valence-corrected chi connectivity index (χ3v) is 5.02. The molecule has 1 atom stereocenters. The highest BCUT2D eigenvalue weighted by Gasteiger charge is 2.49. The largest absolute Gasteiger partial charge is 0.369 e. The van der Waals surface area contributed by atoms with Gasteiger partial charge < -0.3 is 5.73 Å². The lowest BCUT2D eigenvalue weighted by atomic mass is 9.82. The van der Waals surface area contributed by atoms with Gasteiger partial charge in [0.25, 0.3) is 12.3 Å². The van der Waals surface area contributed by atoms with Crippen LogP contribution in [0.25, 0.3) is 11.1 Å². The number of amides is 1. The molecule has 4 rings (SSSR count). The maximum absolute atomic E-state index is 14.2. The van der Waals surface area contributed by atoms with E-state index in [1.54, 1.807) is 36.4 Å². The zero-order chi connectivity index (χ0) is 21.5. The van der Waals surface area contributed by atoms with Gasteiger partial charge in [-0.3, -0.25) is 14.7 Å². The summed E-state index contributed by atoms with van der Waals surface area (Å²) < 4.78 is 40.1. The van der Waals surface area contributed by atoms with Gasteiger partial charge in [-0.2, -0.15) is 4.39 Å². The summed E-state index contributed by atoms with van der Waals surface area (Å²) in [6.07, 6.45) is -0.226. The Hall–Kier alpha value is -3.75. The van der Waals surface area contributed by atoms with E-state index in [1.807, 2.05) is 0 Å². The van der Waals surface area contributed by atoms with E-state index < -0.39 is 29.5 Å². The summed E-state index contributed by atoms with van der Waals surface area (Å²) in [5.41, 5.74) is 5.26. The van der Waals surface area contributed by atoms with Crippen molar-refractivity contribution in [1.29, 1.82) is 0 Å². The molecule has 0 bridgehead atoms. The molecule has 0 fully saturated rings. The third kappa shape index (κ3) is 2.99. The van der Waals surface area contributed by atoms with Crippen molar-refractivity contribution in [2.24, 2.45) is 10.7 Å². The number of rotatable bonds is 4. The summed E-state index contributed by atoms with van der Waals surface area (Å²) in [7, 11) is 1.47. The van der Waals surface area contributed by atoms with Crippen LogP contribution in [0.5, 0.6) is 0 Å². The van der Waals surface area contributed by atoms with Gasteiger partial charge in [0, 0.05) is 30.6 Å². The fourth-order valence-electron chi connectivity index (χ4n) is 3.45. The van der Waals surface area contributed by atoms with Gasteiger partial charge in [-0.1, -0.05) is 24.3 Å². The first-order chi connectivity index (χ1) is 14.3. The Morgan fingerprint density at radius 3 is 2.47 bits per heavy atom. The van der Waals surface area contributed by atoms with Crippen LogP contribution in [0.4, 0.5) is 13.2 Å². The van der Waals surface area contributed by atoms with Gasteiger partial charge in [-0.15, -0.1) is 0 Å². The van der Waals surface area contributed by atoms with E-state index in [4.69, 9.17) is 5.73 Å². The summed E-state index contributed by atoms with van der Waals surface area (Å²) >= 11 is 0. The molecule has 2 N–H and O–H groups in total. The number of carbonyl (C=O) groups is 1. The van der Waals surface area contributed by atoms with Crippen LogP contribution in [-0.2, 0) is 10.3 Å². The number of alkyl halides is 2. The monoisotopic (exact) mass is 411 g/mol. The van der Waals surface area contributed by atoms with Crippen molar-refractivity contribution in [3.05, 3.63) is 83.7 Å². The summed E-state index contributed by atoms with van der Waals surface area (Å²) in [4.78, 5) is 26.2. The molecule has 1 aliphatic heterocycles. The Balaban J connectivity index is 1.92. The highest BCUT2D eigenvalue weighted by molar-refractivity contribution is 6.09. The quantitative estimate of drug-likeness (QED) is 0.668.